The lowest BCUT2D eigenvalue weighted by molar-refractivity contribution is 0.375. The van der Waals surface area contributed by atoms with Crippen LogP contribution in [0.2, 0.25) is 0 Å². The molecule has 0 saturated heterocycles. The fourth-order valence-electron chi connectivity index (χ4n) is 2.38. The van der Waals surface area contributed by atoms with E-state index in [1.165, 1.54) is 0 Å². The third-order valence-corrected chi connectivity index (χ3v) is 3.75. The summed E-state index contributed by atoms with van der Waals surface area (Å²) in [7, 11) is 0. The van der Waals surface area contributed by atoms with E-state index in [-0.39, 0.29) is 11.0 Å². The lowest BCUT2D eigenvalue weighted by Gasteiger charge is -2.32. The molecule has 1 aliphatic carbocycles. The van der Waals surface area contributed by atoms with Gasteiger partial charge < -0.3 is 15.2 Å². The summed E-state index contributed by atoms with van der Waals surface area (Å²) < 4.78 is 1.83. The summed E-state index contributed by atoms with van der Waals surface area (Å²) in [6.45, 7) is 8.55. The first-order valence-electron chi connectivity index (χ1n) is 7.50. The average molecular weight is 278 g/mol. The molecule has 5 nitrogen and oxygen atoms in total. The fraction of sp³-hybridized carbons (Fsp3) is 0.733. The number of anilines is 1. The molecule has 0 spiro atoms. The largest absolute Gasteiger partial charge is 0.351 e. The van der Waals surface area contributed by atoms with E-state index < -0.39 is 0 Å². The molecule has 1 heterocycles. The van der Waals surface area contributed by atoms with E-state index in [0.29, 0.717) is 18.4 Å². The summed E-state index contributed by atoms with van der Waals surface area (Å²) in [5, 5.41) is 0. The molecule has 0 atom stereocenters. The van der Waals surface area contributed by atoms with E-state index in [4.69, 9.17) is 5.73 Å². The Hall–Kier alpha value is -1.36. The third kappa shape index (κ3) is 3.39. The Labute approximate surface area is 120 Å². The predicted octanol–water partition coefficient (Wildman–Crippen LogP) is 1.78. The maximum Gasteiger partial charge on any atom is 0.293 e. The molecule has 1 saturated carbocycles. The van der Waals surface area contributed by atoms with Crippen molar-refractivity contribution in [2.75, 3.05) is 24.5 Å². The Kier molecular flexibility index (Phi) is 4.48. The molecule has 5 heteroatoms. The quantitative estimate of drug-likeness (QED) is 0.825. The second-order valence-corrected chi connectivity index (χ2v) is 6.48. The fourth-order valence-corrected chi connectivity index (χ4v) is 2.38. The molecule has 112 valence electrons. The van der Waals surface area contributed by atoms with Gasteiger partial charge in [0.2, 0.25) is 0 Å². The normalized spacial score (nSPS) is 15.4. The Balaban J connectivity index is 2.29. The minimum Gasteiger partial charge on any atom is -0.351 e. The Bertz CT molecular complexity index is 505. The van der Waals surface area contributed by atoms with Crippen molar-refractivity contribution in [3.63, 3.8) is 0 Å². The van der Waals surface area contributed by atoms with Crippen LogP contribution in [0, 0.1) is 5.41 Å². The predicted molar refractivity (Wildman–Crippen MR) is 82.1 cm³/mol. The van der Waals surface area contributed by atoms with Gasteiger partial charge in [-0.05, 0) is 31.2 Å². The van der Waals surface area contributed by atoms with Crippen molar-refractivity contribution < 1.29 is 0 Å². The number of aromatic nitrogens is 2. The van der Waals surface area contributed by atoms with Crippen LogP contribution in [0.4, 0.5) is 5.82 Å². The van der Waals surface area contributed by atoms with Crippen LogP contribution in [-0.2, 0) is 0 Å². The molecule has 1 fully saturated rings. The Morgan fingerprint density at radius 3 is 2.75 bits per heavy atom. The molecule has 0 bridgehead atoms. The zero-order valence-electron chi connectivity index (χ0n) is 12.8. The monoisotopic (exact) mass is 278 g/mol. The second kappa shape index (κ2) is 5.95. The van der Waals surface area contributed by atoms with E-state index in [9.17, 15) is 4.79 Å². The van der Waals surface area contributed by atoms with E-state index in [2.05, 4.69) is 30.7 Å². The molecular weight excluding hydrogens is 252 g/mol. The highest BCUT2D eigenvalue weighted by atomic mass is 16.1. The van der Waals surface area contributed by atoms with Crippen LogP contribution in [0.15, 0.2) is 17.2 Å². The standard InChI is InChI=1S/C15H26N4O/c1-4-8-18(11-15(2,3)10-16)13-14(20)19(9-7-17-13)12-5-6-12/h7,9,12H,4-6,8,10-11,16H2,1-3H3. The van der Waals surface area contributed by atoms with Gasteiger partial charge in [-0.1, -0.05) is 20.8 Å². The number of nitrogens with two attached hydrogens (primary N) is 1. The van der Waals surface area contributed by atoms with Gasteiger partial charge in [0.05, 0.1) is 0 Å². The summed E-state index contributed by atoms with van der Waals surface area (Å²) in [6.07, 6.45) is 6.74. The van der Waals surface area contributed by atoms with Crippen molar-refractivity contribution >= 4 is 5.82 Å². The Morgan fingerprint density at radius 1 is 1.50 bits per heavy atom. The second-order valence-electron chi connectivity index (χ2n) is 6.48. The molecule has 0 radical (unpaired) electrons. The van der Waals surface area contributed by atoms with Gasteiger partial charge in [0.25, 0.3) is 5.56 Å². The minimum atomic E-state index is -0.0243. The summed E-state index contributed by atoms with van der Waals surface area (Å²) in [4.78, 5) is 19.0. The van der Waals surface area contributed by atoms with Crippen molar-refractivity contribution in [1.29, 1.82) is 0 Å². The number of nitrogens with zero attached hydrogens (tertiary/aromatic N) is 3. The van der Waals surface area contributed by atoms with Crippen LogP contribution in [0.3, 0.4) is 0 Å². The molecule has 0 unspecified atom stereocenters. The third-order valence-electron chi connectivity index (χ3n) is 3.75. The van der Waals surface area contributed by atoms with Gasteiger partial charge in [0, 0.05) is 31.5 Å². The van der Waals surface area contributed by atoms with Gasteiger partial charge in [-0.25, -0.2) is 4.98 Å². The highest BCUT2D eigenvalue weighted by molar-refractivity contribution is 5.36. The minimum absolute atomic E-state index is 0.0243. The molecule has 1 aromatic rings. The lowest BCUT2D eigenvalue weighted by atomic mass is 9.93. The van der Waals surface area contributed by atoms with E-state index >= 15 is 0 Å². The maximum absolute atomic E-state index is 12.6. The first-order chi connectivity index (χ1) is 9.48. The van der Waals surface area contributed by atoms with Crippen molar-refractivity contribution in [2.45, 2.75) is 46.1 Å². The molecular formula is C15H26N4O. The number of hydrogen-bond acceptors (Lipinski definition) is 4. The van der Waals surface area contributed by atoms with Crippen molar-refractivity contribution in [3.8, 4) is 0 Å². The first-order valence-corrected chi connectivity index (χ1v) is 7.50. The van der Waals surface area contributed by atoms with Crippen molar-refractivity contribution in [2.24, 2.45) is 11.1 Å². The lowest BCUT2D eigenvalue weighted by Crippen LogP contribution is -2.42. The van der Waals surface area contributed by atoms with Gasteiger partial charge in [0.1, 0.15) is 0 Å². The van der Waals surface area contributed by atoms with E-state index in [1.54, 1.807) is 6.20 Å². The van der Waals surface area contributed by atoms with Crippen LogP contribution in [0.5, 0.6) is 0 Å². The van der Waals surface area contributed by atoms with Crippen molar-refractivity contribution in [3.05, 3.63) is 22.7 Å². The molecule has 1 aliphatic rings. The topological polar surface area (TPSA) is 64.2 Å². The first kappa shape index (κ1) is 15.0. The zero-order valence-corrected chi connectivity index (χ0v) is 12.8. The number of rotatable bonds is 7. The van der Waals surface area contributed by atoms with Crippen LogP contribution >= 0.6 is 0 Å². The van der Waals surface area contributed by atoms with Gasteiger partial charge in [-0.15, -0.1) is 0 Å². The summed E-state index contributed by atoms with van der Waals surface area (Å²) in [5.74, 6) is 0.572. The van der Waals surface area contributed by atoms with Crippen LogP contribution in [-0.4, -0.2) is 29.2 Å². The molecule has 0 aliphatic heterocycles. The highest BCUT2D eigenvalue weighted by Gasteiger charge is 2.27. The zero-order chi connectivity index (χ0) is 14.8. The summed E-state index contributed by atoms with van der Waals surface area (Å²) >= 11 is 0. The number of hydrogen-bond donors (Lipinski definition) is 1. The van der Waals surface area contributed by atoms with Crippen molar-refractivity contribution in [1.82, 2.24) is 9.55 Å². The molecule has 2 N–H and O–H groups in total. The van der Waals surface area contributed by atoms with Crippen LogP contribution < -0.4 is 16.2 Å². The van der Waals surface area contributed by atoms with Crippen LogP contribution in [0.25, 0.3) is 0 Å². The molecule has 1 aromatic heterocycles. The average Bonchev–Trinajstić information content (AvgIpc) is 3.23. The van der Waals surface area contributed by atoms with Crippen LogP contribution in [0.1, 0.15) is 46.1 Å². The highest BCUT2D eigenvalue weighted by Crippen LogP contribution is 2.33. The molecule has 2 rings (SSSR count). The maximum atomic E-state index is 12.6. The smallest absolute Gasteiger partial charge is 0.293 e. The Morgan fingerprint density at radius 2 is 2.20 bits per heavy atom. The molecule has 0 aromatic carbocycles. The van der Waals surface area contributed by atoms with E-state index in [0.717, 1.165) is 32.4 Å². The van der Waals surface area contributed by atoms with Gasteiger partial charge in [-0.3, -0.25) is 4.79 Å². The van der Waals surface area contributed by atoms with Gasteiger partial charge in [-0.2, -0.15) is 0 Å². The van der Waals surface area contributed by atoms with Gasteiger partial charge in [0.15, 0.2) is 5.82 Å². The van der Waals surface area contributed by atoms with Gasteiger partial charge >= 0.3 is 0 Å². The molecule has 20 heavy (non-hydrogen) atoms. The SMILES string of the molecule is CCCN(CC(C)(C)CN)c1nccn(C2CC2)c1=O. The summed E-state index contributed by atoms with van der Waals surface area (Å²) in [5.41, 5.74) is 5.84. The molecule has 0 amide bonds. The van der Waals surface area contributed by atoms with E-state index in [1.807, 2.05) is 10.8 Å². The summed E-state index contributed by atoms with van der Waals surface area (Å²) in [6, 6.07) is 0.384.